The van der Waals surface area contributed by atoms with Crippen molar-refractivity contribution in [2.45, 2.75) is 13.5 Å². The molecule has 0 saturated heterocycles. The molecule has 0 N–H and O–H groups in total. The van der Waals surface area contributed by atoms with Crippen molar-refractivity contribution in [1.82, 2.24) is 9.88 Å². The zero-order valence-corrected chi connectivity index (χ0v) is 10.0. The fraction of sp³-hybridized carbons (Fsp3) is 0.417. The zero-order chi connectivity index (χ0) is 12.7. The first-order valence-corrected chi connectivity index (χ1v) is 5.33. The Labute approximate surface area is 101 Å². The molecule has 0 fully saturated rings. The van der Waals surface area contributed by atoms with Gasteiger partial charge in [-0.05, 0) is 24.2 Å². The molecule has 0 saturated carbocycles. The molecular weight excluding hydrogens is 218 g/mol. The number of carbonyl (C=O) groups excluding carboxylic acids is 1. The van der Waals surface area contributed by atoms with Gasteiger partial charge in [0, 0.05) is 12.7 Å². The highest BCUT2D eigenvalue weighted by molar-refractivity contribution is 5.71. The standard InChI is InChI=1S/C12H15N3O2/c1-3-15(9-12(16)17-2)8-10-4-5-14-11(6-10)7-13/h4-6H,3,8-9H2,1-2H3. The van der Waals surface area contributed by atoms with Crippen LogP contribution in [0.25, 0.3) is 0 Å². The van der Waals surface area contributed by atoms with Gasteiger partial charge < -0.3 is 4.74 Å². The molecule has 5 heteroatoms. The zero-order valence-electron chi connectivity index (χ0n) is 10.0. The SMILES string of the molecule is CCN(CC(=O)OC)Cc1ccnc(C#N)c1. The van der Waals surface area contributed by atoms with Gasteiger partial charge in [0.1, 0.15) is 11.8 Å². The molecule has 90 valence electrons. The lowest BCUT2D eigenvalue weighted by atomic mass is 10.2. The van der Waals surface area contributed by atoms with Crippen LogP contribution in [0.4, 0.5) is 0 Å². The average Bonchev–Trinajstić information content (AvgIpc) is 2.37. The normalized spacial score (nSPS) is 10.0. The van der Waals surface area contributed by atoms with Gasteiger partial charge in [0.25, 0.3) is 0 Å². The summed E-state index contributed by atoms with van der Waals surface area (Å²) in [6, 6.07) is 5.55. The van der Waals surface area contributed by atoms with Crippen molar-refractivity contribution in [2.24, 2.45) is 0 Å². The number of hydrogen-bond acceptors (Lipinski definition) is 5. The van der Waals surface area contributed by atoms with Crippen LogP contribution in [0.15, 0.2) is 18.3 Å². The van der Waals surface area contributed by atoms with Crippen molar-refractivity contribution in [1.29, 1.82) is 5.26 Å². The Morgan fingerprint density at radius 2 is 2.41 bits per heavy atom. The lowest BCUT2D eigenvalue weighted by Gasteiger charge is -2.18. The summed E-state index contributed by atoms with van der Waals surface area (Å²) >= 11 is 0. The van der Waals surface area contributed by atoms with Gasteiger partial charge in [0.15, 0.2) is 0 Å². The Balaban J connectivity index is 2.67. The Bertz CT molecular complexity index is 426. The molecule has 0 atom stereocenters. The minimum absolute atomic E-state index is 0.247. The third kappa shape index (κ3) is 4.21. The van der Waals surface area contributed by atoms with Gasteiger partial charge in [-0.25, -0.2) is 4.98 Å². The van der Waals surface area contributed by atoms with Gasteiger partial charge in [-0.15, -0.1) is 0 Å². The van der Waals surface area contributed by atoms with Crippen LogP contribution in [-0.4, -0.2) is 36.1 Å². The molecule has 0 aliphatic heterocycles. The van der Waals surface area contributed by atoms with E-state index >= 15 is 0 Å². The summed E-state index contributed by atoms with van der Waals surface area (Å²) in [5.74, 6) is -0.263. The van der Waals surface area contributed by atoms with Gasteiger partial charge in [-0.1, -0.05) is 6.92 Å². The lowest BCUT2D eigenvalue weighted by molar-refractivity contribution is -0.142. The number of pyridine rings is 1. The fourth-order valence-corrected chi connectivity index (χ4v) is 1.42. The smallest absolute Gasteiger partial charge is 0.319 e. The first kappa shape index (κ1) is 13.1. The molecule has 0 spiro atoms. The van der Waals surface area contributed by atoms with Crippen molar-refractivity contribution in [2.75, 3.05) is 20.2 Å². The number of nitrogens with zero attached hydrogens (tertiary/aromatic N) is 3. The minimum atomic E-state index is -0.263. The summed E-state index contributed by atoms with van der Waals surface area (Å²) in [6.07, 6.45) is 1.60. The number of aromatic nitrogens is 1. The summed E-state index contributed by atoms with van der Waals surface area (Å²) in [4.78, 5) is 17.0. The van der Waals surface area contributed by atoms with Gasteiger partial charge in [-0.2, -0.15) is 5.26 Å². The predicted molar refractivity (Wildman–Crippen MR) is 61.9 cm³/mol. The Hall–Kier alpha value is -1.93. The number of methoxy groups -OCH3 is 1. The van der Waals surface area contributed by atoms with Crippen LogP contribution < -0.4 is 0 Å². The predicted octanol–water partition coefficient (Wildman–Crippen LogP) is 0.948. The van der Waals surface area contributed by atoms with Crippen LogP contribution >= 0.6 is 0 Å². The molecule has 1 rings (SSSR count). The maximum Gasteiger partial charge on any atom is 0.319 e. The van der Waals surface area contributed by atoms with Gasteiger partial charge >= 0.3 is 5.97 Å². The number of nitriles is 1. The van der Waals surface area contributed by atoms with Crippen LogP contribution in [0.1, 0.15) is 18.2 Å². The molecule has 0 aromatic carbocycles. The van der Waals surface area contributed by atoms with Crippen molar-refractivity contribution in [3.05, 3.63) is 29.6 Å². The van der Waals surface area contributed by atoms with E-state index in [2.05, 4.69) is 9.72 Å². The summed E-state index contributed by atoms with van der Waals surface area (Å²) in [7, 11) is 1.37. The molecule has 5 nitrogen and oxygen atoms in total. The quantitative estimate of drug-likeness (QED) is 0.708. The molecule has 1 aromatic heterocycles. The molecular formula is C12H15N3O2. The average molecular weight is 233 g/mol. The number of ether oxygens (including phenoxy) is 1. The van der Waals surface area contributed by atoms with Crippen LogP contribution in [0.3, 0.4) is 0 Å². The second-order valence-corrected chi connectivity index (χ2v) is 3.54. The van der Waals surface area contributed by atoms with E-state index in [9.17, 15) is 4.79 Å². The Morgan fingerprint density at radius 3 is 3.00 bits per heavy atom. The second kappa shape index (κ2) is 6.61. The van der Waals surface area contributed by atoms with Gasteiger partial charge in [0.05, 0.1) is 13.7 Å². The highest BCUT2D eigenvalue weighted by atomic mass is 16.5. The fourth-order valence-electron chi connectivity index (χ4n) is 1.42. The minimum Gasteiger partial charge on any atom is -0.468 e. The highest BCUT2D eigenvalue weighted by Crippen LogP contribution is 2.05. The van der Waals surface area contributed by atoms with Gasteiger partial charge in [0.2, 0.25) is 0 Å². The van der Waals surface area contributed by atoms with E-state index in [1.54, 1.807) is 12.3 Å². The van der Waals surface area contributed by atoms with Crippen molar-refractivity contribution in [3.8, 4) is 6.07 Å². The molecule has 17 heavy (non-hydrogen) atoms. The molecule has 0 radical (unpaired) electrons. The monoisotopic (exact) mass is 233 g/mol. The van der Waals surface area contributed by atoms with E-state index in [-0.39, 0.29) is 12.5 Å². The molecule has 0 aliphatic rings. The third-order valence-corrected chi connectivity index (χ3v) is 2.37. The first-order chi connectivity index (χ1) is 8.19. The van der Waals surface area contributed by atoms with E-state index < -0.39 is 0 Å². The maximum absolute atomic E-state index is 11.2. The molecule has 0 bridgehead atoms. The molecule has 0 amide bonds. The topological polar surface area (TPSA) is 66.2 Å². The summed E-state index contributed by atoms with van der Waals surface area (Å²) in [5.41, 5.74) is 1.35. The summed E-state index contributed by atoms with van der Waals surface area (Å²) < 4.78 is 4.62. The number of likely N-dealkylation sites (N-methyl/N-ethyl adjacent to an activating group) is 1. The number of hydrogen-bond donors (Lipinski definition) is 0. The van der Waals surface area contributed by atoms with Crippen LogP contribution in [0, 0.1) is 11.3 Å². The largest absolute Gasteiger partial charge is 0.468 e. The lowest BCUT2D eigenvalue weighted by Crippen LogP contribution is -2.30. The van der Waals surface area contributed by atoms with Gasteiger partial charge in [-0.3, -0.25) is 9.69 Å². The molecule has 0 unspecified atom stereocenters. The molecule has 1 heterocycles. The van der Waals surface area contributed by atoms with E-state index in [1.807, 2.05) is 24.0 Å². The second-order valence-electron chi connectivity index (χ2n) is 3.54. The van der Waals surface area contributed by atoms with E-state index in [4.69, 9.17) is 5.26 Å². The number of carbonyl (C=O) groups is 1. The number of rotatable bonds is 5. The van der Waals surface area contributed by atoms with Crippen molar-refractivity contribution < 1.29 is 9.53 Å². The Morgan fingerprint density at radius 1 is 1.65 bits per heavy atom. The highest BCUT2D eigenvalue weighted by Gasteiger charge is 2.09. The van der Waals surface area contributed by atoms with Crippen molar-refractivity contribution in [3.63, 3.8) is 0 Å². The number of esters is 1. The van der Waals surface area contributed by atoms with Crippen LogP contribution in [0.2, 0.25) is 0 Å². The summed E-state index contributed by atoms with van der Waals surface area (Å²) in [6.45, 7) is 3.55. The molecule has 0 aliphatic carbocycles. The van der Waals surface area contributed by atoms with Crippen LogP contribution in [0.5, 0.6) is 0 Å². The van der Waals surface area contributed by atoms with E-state index in [0.29, 0.717) is 12.2 Å². The summed E-state index contributed by atoms with van der Waals surface area (Å²) in [5, 5.41) is 8.74. The molecule has 1 aromatic rings. The first-order valence-electron chi connectivity index (χ1n) is 5.33. The maximum atomic E-state index is 11.2. The van der Waals surface area contributed by atoms with Crippen LogP contribution in [-0.2, 0) is 16.1 Å². The van der Waals surface area contributed by atoms with E-state index in [0.717, 1.165) is 12.1 Å². The van der Waals surface area contributed by atoms with Crippen molar-refractivity contribution >= 4 is 5.97 Å². The Kier molecular flexibility index (Phi) is 5.11. The third-order valence-electron chi connectivity index (χ3n) is 2.37. The van der Waals surface area contributed by atoms with E-state index in [1.165, 1.54) is 7.11 Å².